The number of nitrogens with zero attached hydrogens (tertiary/aromatic N) is 1. The third kappa shape index (κ3) is 2.64. The molecule has 0 spiro atoms. The second kappa shape index (κ2) is 5.28. The van der Waals surface area contributed by atoms with Gasteiger partial charge in [-0.3, -0.25) is 0 Å². The Bertz CT molecular complexity index is 567. The summed E-state index contributed by atoms with van der Waals surface area (Å²) < 4.78 is 32.1. The van der Waals surface area contributed by atoms with Crippen LogP contribution in [-0.4, -0.2) is 0 Å². The molecule has 0 saturated carbocycles. The number of hydrogen-bond acceptors (Lipinski definition) is 2. The van der Waals surface area contributed by atoms with Gasteiger partial charge in [-0.2, -0.15) is 5.26 Å². The van der Waals surface area contributed by atoms with Gasteiger partial charge in [0.2, 0.25) is 0 Å². The quantitative estimate of drug-likeness (QED) is 0.830. The van der Waals surface area contributed by atoms with Crippen LogP contribution >= 0.6 is 0 Å². The van der Waals surface area contributed by atoms with Crippen LogP contribution in [0.3, 0.4) is 0 Å². The molecule has 0 N–H and O–H groups in total. The molecule has 0 heterocycles. The minimum atomic E-state index is -0.873. The van der Waals surface area contributed by atoms with Gasteiger partial charge in [0.1, 0.15) is 6.61 Å². The Balaban J connectivity index is 2.18. The van der Waals surface area contributed by atoms with E-state index < -0.39 is 17.4 Å². The number of benzene rings is 2. The summed E-state index contributed by atoms with van der Waals surface area (Å²) in [5, 5.41) is 8.56. The van der Waals surface area contributed by atoms with Crippen molar-refractivity contribution in [3.05, 3.63) is 65.2 Å². The fraction of sp³-hybridized carbons (Fsp3) is 0.0714. The number of nitriles is 1. The van der Waals surface area contributed by atoms with Crippen molar-refractivity contribution in [3.8, 4) is 11.8 Å². The Kier molecular flexibility index (Phi) is 3.54. The minimum Gasteiger partial charge on any atom is -0.483 e. The number of ether oxygens (including phenoxy) is 1. The largest absolute Gasteiger partial charge is 0.483 e. The molecule has 0 aliphatic heterocycles. The van der Waals surface area contributed by atoms with Crippen LogP contribution in [0.1, 0.15) is 11.1 Å². The molecule has 0 aliphatic rings. The summed E-state index contributed by atoms with van der Waals surface area (Å²) in [6, 6.07) is 12.6. The second-order valence-electron chi connectivity index (χ2n) is 3.66. The highest BCUT2D eigenvalue weighted by Crippen LogP contribution is 2.24. The molecule has 0 fully saturated rings. The average molecular weight is 245 g/mol. The van der Waals surface area contributed by atoms with E-state index in [4.69, 9.17) is 10.00 Å². The Morgan fingerprint density at radius 3 is 2.22 bits per heavy atom. The van der Waals surface area contributed by atoms with E-state index in [2.05, 4.69) is 0 Å². The number of rotatable bonds is 3. The third-order valence-electron chi connectivity index (χ3n) is 2.35. The highest BCUT2D eigenvalue weighted by molar-refractivity contribution is 5.37. The molecule has 0 amide bonds. The summed E-state index contributed by atoms with van der Waals surface area (Å²) in [5.74, 6) is -2.21. The van der Waals surface area contributed by atoms with Crippen LogP contribution in [0, 0.1) is 23.0 Å². The smallest absolute Gasteiger partial charge is 0.191 e. The summed E-state index contributed by atoms with van der Waals surface area (Å²) in [7, 11) is 0. The molecule has 4 heteroatoms. The molecule has 0 saturated heterocycles. The van der Waals surface area contributed by atoms with Crippen LogP contribution in [0.4, 0.5) is 8.78 Å². The molecule has 90 valence electrons. The van der Waals surface area contributed by atoms with Crippen molar-refractivity contribution < 1.29 is 13.5 Å². The van der Waals surface area contributed by atoms with E-state index in [0.717, 1.165) is 17.7 Å². The lowest BCUT2D eigenvalue weighted by Crippen LogP contribution is -2.00. The van der Waals surface area contributed by atoms with Crippen LogP contribution in [0.25, 0.3) is 0 Å². The summed E-state index contributed by atoms with van der Waals surface area (Å²) in [5.41, 5.74) is 0.734. The molecule has 2 aromatic rings. The zero-order valence-corrected chi connectivity index (χ0v) is 9.36. The van der Waals surface area contributed by atoms with Crippen molar-refractivity contribution in [3.63, 3.8) is 0 Å². The van der Waals surface area contributed by atoms with Gasteiger partial charge >= 0.3 is 0 Å². The van der Waals surface area contributed by atoms with Gasteiger partial charge in [0.05, 0.1) is 11.6 Å². The van der Waals surface area contributed by atoms with Gasteiger partial charge in [0.15, 0.2) is 17.4 Å². The van der Waals surface area contributed by atoms with Gasteiger partial charge in [0.25, 0.3) is 0 Å². The van der Waals surface area contributed by atoms with E-state index >= 15 is 0 Å². The van der Waals surface area contributed by atoms with Gasteiger partial charge in [0, 0.05) is 0 Å². The van der Waals surface area contributed by atoms with Crippen molar-refractivity contribution in [2.24, 2.45) is 0 Å². The summed E-state index contributed by atoms with van der Waals surface area (Å²) in [6.45, 7) is 0.0700. The molecular formula is C14H9F2NO. The van der Waals surface area contributed by atoms with Crippen LogP contribution in [0.5, 0.6) is 5.75 Å². The van der Waals surface area contributed by atoms with E-state index in [1.54, 1.807) is 18.2 Å². The molecule has 0 radical (unpaired) electrons. The molecule has 0 aromatic heterocycles. The maximum atomic E-state index is 13.5. The topological polar surface area (TPSA) is 33.0 Å². The SMILES string of the molecule is N#Cc1cc(F)c(OCc2ccccc2)c(F)c1. The molecular weight excluding hydrogens is 236 g/mol. The normalized spacial score (nSPS) is 9.83. The summed E-state index contributed by atoms with van der Waals surface area (Å²) >= 11 is 0. The van der Waals surface area contributed by atoms with Crippen LogP contribution in [0.15, 0.2) is 42.5 Å². The summed E-state index contributed by atoms with van der Waals surface area (Å²) in [6.07, 6.45) is 0. The highest BCUT2D eigenvalue weighted by Gasteiger charge is 2.12. The van der Waals surface area contributed by atoms with Crippen LogP contribution < -0.4 is 4.74 Å². The number of hydrogen-bond donors (Lipinski definition) is 0. The first-order valence-corrected chi connectivity index (χ1v) is 5.26. The van der Waals surface area contributed by atoms with Crippen molar-refractivity contribution in [1.29, 1.82) is 5.26 Å². The van der Waals surface area contributed by atoms with E-state index in [-0.39, 0.29) is 12.2 Å². The van der Waals surface area contributed by atoms with E-state index in [1.165, 1.54) is 0 Å². The lowest BCUT2D eigenvalue weighted by atomic mass is 10.2. The van der Waals surface area contributed by atoms with Gasteiger partial charge in [-0.1, -0.05) is 30.3 Å². The highest BCUT2D eigenvalue weighted by atomic mass is 19.1. The monoisotopic (exact) mass is 245 g/mol. The van der Waals surface area contributed by atoms with Crippen LogP contribution in [0.2, 0.25) is 0 Å². The number of halogens is 2. The molecule has 0 bridgehead atoms. The fourth-order valence-electron chi connectivity index (χ4n) is 1.49. The standard InChI is InChI=1S/C14H9F2NO/c15-12-6-11(8-17)7-13(16)14(12)18-9-10-4-2-1-3-5-10/h1-7H,9H2. The first kappa shape index (κ1) is 12.1. The van der Waals surface area contributed by atoms with Crippen molar-refractivity contribution >= 4 is 0 Å². The Morgan fingerprint density at radius 1 is 1.06 bits per heavy atom. The molecule has 0 aliphatic carbocycles. The van der Waals surface area contributed by atoms with Gasteiger partial charge in [-0.15, -0.1) is 0 Å². The Hall–Kier alpha value is -2.41. The maximum absolute atomic E-state index is 13.5. The van der Waals surface area contributed by atoms with Gasteiger partial charge in [-0.25, -0.2) is 8.78 Å². The molecule has 2 aromatic carbocycles. The first-order valence-electron chi connectivity index (χ1n) is 5.26. The lowest BCUT2D eigenvalue weighted by Gasteiger charge is -2.08. The predicted octanol–water partition coefficient (Wildman–Crippen LogP) is 3.42. The molecule has 0 unspecified atom stereocenters. The fourth-order valence-corrected chi connectivity index (χ4v) is 1.49. The van der Waals surface area contributed by atoms with E-state index in [1.807, 2.05) is 18.2 Å². The van der Waals surface area contributed by atoms with Crippen LogP contribution in [-0.2, 0) is 6.61 Å². The van der Waals surface area contributed by atoms with Gasteiger partial charge < -0.3 is 4.74 Å². The minimum absolute atomic E-state index is 0.0700. The van der Waals surface area contributed by atoms with Crippen molar-refractivity contribution in [2.45, 2.75) is 6.61 Å². The Labute approximate surface area is 103 Å². The molecule has 18 heavy (non-hydrogen) atoms. The molecule has 0 atom stereocenters. The third-order valence-corrected chi connectivity index (χ3v) is 2.35. The summed E-state index contributed by atoms with van der Waals surface area (Å²) in [4.78, 5) is 0. The zero-order chi connectivity index (χ0) is 13.0. The second-order valence-corrected chi connectivity index (χ2v) is 3.66. The maximum Gasteiger partial charge on any atom is 0.191 e. The molecule has 2 rings (SSSR count). The molecule has 2 nitrogen and oxygen atoms in total. The predicted molar refractivity (Wildman–Crippen MR) is 61.8 cm³/mol. The van der Waals surface area contributed by atoms with Crippen molar-refractivity contribution in [1.82, 2.24) is 0 Å². The zero-order valence-electron chi connectivity index (χ0n) is 9.36. The average Bonchev–Trinajstić information content (AvgIpc) is 2.38. The van der Waals surface area contributed by atoms with E-state index in [9.17, 15) is 8.78 Å². The van der Waals surface area contributed by atoms with Gasteiger partial charge in [-0.05, 0) is 17.7 Å². The Morgan fingerprint density at radius 2 is 1.67 bits per heavy atom. The first-order chi connectivity index (χ1) is 8.70. The van der Waals surface area contributed by atoms with E-state index in [0.29, 0.717) is 0 Å². The lowest BCUT2D eigenvalue weighted by molar-refractivity contribution is 0.274. The van der Waals surface area contributed by atoms with Crippen molar-refractivity contribution in [2.75, 3.05) is 0 Å².